The summed E-state index contributed by atoms with van der Waals surface area (Å²) in [6, 6.07) is 8.56. The summed E-state index contributed by atoms with van der Waals surface area (Å²) in [6.45, 7) is 9.25. The Kier molecular flexibility index (Phi) is 5.98. The van der Waals surface area contributed by atoms with Crippen LogP contribution in [-0.4, -0.2) is 27.3 Å². The van der Waals surface area contributed by atoms with Crippen LogP contribution in [0, 0.1) is 5.92 Å². The summed E-state index contributed by atoms with van der Waals surface area (Å²) in [5.41, 5.74) is 2.23. The van der Waals surface area contributed by atoms with Gasteiger partial charge in [-0.1, -0.05) is 71.2 Å². The molecule has 1 aliphatic rings. The van der Waals surface area contributed by atoms with Crippen molar-refractivity contribution >= 4 is 5.91 Å². The van der Waals surface area contributed by atoms with Gasteiger partial charge in [0.15, 0.2) is 5.82 Å². The van der Waals surface area contributed by atoms with E-state index in [0.29, 0.717) is 18.4 Å². The molecular formula is C22H31N3O2. The molecular weight excluding hydrogens is 338 g/mol. The molecule has 3 rings (SSSR count). The molecule has 0 radical (unpaired) electrons. The summed E-state index contributed by atoms with van der Waals surface area (Å²) >= 11 is 0. The van der Waals surface area contributed by atoms with Gasteiger partial charge in [0.05, 0.1) is 6.61 Å². The number of hydrogen-bond acceptors (Lipinski definition) is 4. The van der Waals surface area contributed by atoms with Gasteiger partial charge in [0.2, 0.25) is 0 Å². The number of hydrogen-bond donors (Lipinski definition) is 0. The molecule has 1 heterocycles. The fraction of sp³-hybridized carbons (Fsp3) is 0.591. The minimum absolute atomic E-state index is 0.0419. The van der Waals surface area contributed by atoms with Gasteiger partial charge in [-0.25, -0.2) is 0 Å². The molecule has 0 spiro atoms. The van der Waals surface area contributed by atoms with Crippen LogP contribution in [0.2, 0.25) is 0 Å². The van der Waals surface area contributed by atoms with E-state index in [9.17, 15) is 4.79 Å². The summed E-state index contributed by atoms with van der Waals surface area (Å²) in [6.07, 6.45) is 6.09. The molecule has 1 saturated carbocycles. The van der Waals surface area contributed by atoms with Gasteiger partial charge in [0.25, 0.3) is 5.91 Å². The molecule has 2 aromatic rings. The maximum absolute atomic E-state index is 13.0. The van der Waals surface area contributed by atoms with Crippen LogP contribution in [0.5, 0.6) is 6.01 Å². The van der Waals surface area contributed by atoms with Crippen molar-refractivity contribution in [1.82, 2.24) is 14.8 Å². The molecule has 146 valence electrons. The van der Waals surface area contributed by atoms with E-state index in [0.717, 1.165) is 44.1 Å². The lowest BCUT2D eigenvalue weighted by Gasteiger charge is -2.19. The highest BCUT2D eigenvalue weighted by Crippen LogP contribution is 2.30. The fourth-order valence-corrected chi connectivity index (χ4v) is 3.47. The standard InChI is InChI=1S/C22H31N3O2/c1-5-6-15-27-21-23-19(16-11-13-18(14-12-16)22(2,3)4)25(24-21)20(26)17-9-7-8-10-17/h11-14,17H,5-10,15H2,1-4H3. The van der Waals surface area contributed by atoms with Gasteiger partial charge in [-0.05, 0) is 30.2 Å². The third-order valence-electron chi connectivity index (χ3n) is 5.24. The maximum Gasteiger partial charge on any atom is 0.336 e. The van der Waals surface area contributed by atoms with Crippen molar-refractivity contribution in [1.29, 1.82) is 0 Å². The third kappa shape index (κ3) is 4.57. The van der Waals surface area contributed by atoms with Gasteiger partial charge in [-0.3, -0.25) is 4.79 Å². The van der Waals surface area contributed by atoms with Gasteiger partial charge in [0, 0.05) is 11.5 Å². The van der Waals surface area contributed by atoms with Crippen LogP contribution in [0.15, 0.2) is 24.3 Å². The fourth-order valence-electron chi connectivity index (χ4n) is 3.47. The molecule has 1 aliphatic carbocycles. The molecule has 1 aromatic heterocycles. The second-order valence-corrected chi connectivity index (χ2v) is 8.48. The molecule has 5 nitrogen and oxygen atoms in total. The smallest absolute Gasteiger partial charge is 0.336 e. The molecule has 0 atom stereocenters. The summed E-state index contributed by atoms with van der Waals surface area (Å²) in [5.74, 6) is 0.668. The number of ether oxygens (including phenoxy) is 1. The van der Waals surface area contributed by atoms with Crippen LogP contribution in [0.25, 0.3) is 11.4 Å². The quantitative estimate of drug-likeness (QED) is 0.652. The maximum atomic E-state index is 13.0. The van der Waals surface area contributed by atoms with Crippen LogP contribution in [0.1, 0.15) is 76.6 Å². The van der Waals surface area contributed by atoms with Crippen molar-refractivity contribution < 1.29 is 9.53 Å². The second-order valence-electron chi connectivity index (χ2n) is 8.48. The monoisotopic (exact) mass is 369 g/mol. The predicted octanol–water partition coefficient (Wildman–Crippen LogP) is 5.25. The Labute approximate surface area is 162 Å². The van der Waals surface area contributed by atoms with E-state index >= 15 is 0 Å². The Morgan fingerprint density at radius 1 is 1.19 bits per heavy atom. The first-order valence-electron chi connectivity index (χ1n) is 10.1. The van der Waals surface area contributed by atoms with Gasteiger partial charge in [0.1, 0.15) is 0 Å². The average molecular weight is 370 g/mol. The largest absolute Gasteiger partial charge is 0.462 e. The summed E-state index contributed by atoms with van der Waals surface area (Å²) in [7, 11) is 0. The lowest BCUT2D eigenvalue weighted by Crippen LogP contribution is -2.21. The number of nitrogens with zero attached hydrogens (tertiary/aromatic N) is 3. The van der Waals surface area contributed by atoms with Crippen LogP contribution < -0.4 is 4.74 Å². The van der Waals surface area contributed by atoms with Crippen molar-refractivity contribution in [2.24, 2.45) is 5.92 Å². The third-order valence-corrected chi connectivity index (χ3v) is 5.24. The van der Waals surface area contributed by atoms with Crippen LogP contribution in [-0.2, 0) is 5.41 Å². The van der Waals surface area contributed by atoms with E-state index in [1.807, 2.05) is 12.1 Å². The van der Waals surface area contributed by atoms with Crippen molar-refractivity contribution in [2.45, 2.75) is 71.6 Å². The van der Waals surface area contributed by atoms with E-state index in [-0.39, 0.29) is 17.2 Å². The highest BCUT2D eigenvalue weighted by Gasteiger charge is 2.28. The van der Waals surface area contributed by atoms with Crippen molar-refractivity contribution in [3.63, 3.8) is 0 Å². The SMILES string of the molecule is CCCCOc1nc(-c2ccc(C(C)(C)C)cc2)n(C(=O)C2CCCC2)n1. The zero-order valence-electron chi connectivity index (χ0n) is 17.0. The predicted molar refractivity (Wildman–Crippen MR) is 107 cm³/mol. The molecule has 1 aromatic carbocycles. The molecule has 0 aliphatic heterocycles. The zero-order valence-corrected chi connectivity index (χ0v) is 17.0. The van der Waals surface area contributed by atoms with Crippen LogP contribution >= 0.6 is 0 Å². The minimum atomic E-state index is 0.0419. The lowest BCUT2D eigenvalue weighted by atomic mass is 9.86. The number of rotatable bonds is 6. The molecule has 0 bridgehead atoms. The van der Waals surface area contributed by atoms with E-state index in [1.165, 1.54) is 10.2 Å². The van der Waals surface area contributed by atoms with Crippen molar-refractivity contribution in [3.8, 4) is 17.4 Å². The van der Waals surface area contributed by atoms with E-state index in [2.05, 4.69) is 49.9 Å². The van der Waals surface area contributed by atoms with Crippen LogP contribution in [0.3, 0.4) is 0 Å². The lowest BCUT2D eigenvalue weighted by molar-refractivity contribution is 0.0820. The number of carbonyl (C=O) groups excluding carboxylic acids is 1. The normalized spacial score (nSPS) is 15.3. The molecule has 0 amide bonds. The Hall–Kier alpha value is -2.17. The number of carbonyl (C=O) groups is 1. The zero-order chi connectivity index (χ0) is 19.4. The van der Waals surface area contributed by atoms with Crippen molar-refractivity contribution in [2.75, 3.05) is 6.61 Å². The van der Waals surface area contributed by atoms with Gasteiger partial charge >= 0.3 is 6.01 Å². The number of unbranched alkanes of at least 4 members (excludes halogenated alkanes) is 1. The Balaban J connectivity index is 1.92. The van der Waals surface area contributed by atoms with E-state index < -0.39 is 0 Å². The van der Waals surface area contributed by atoms with Gasteiger partial charge in [-0.2, -0.15) is 9.67 Å². The van der Waals surface area contributed by atoms with E-state index in [4.69, 9.17) is 4.74 Å². The molecule has 0 saturated heterocycles. The van der Waals surface area contributed by atoms with Gasteiger partial charge < -0.3 is 4.74 Å². The molecule has 0 unspecified atom stereocenters. The highest BCUT2D eigenvalue weighted by atomic mass is 16.5. The average Bonchev–Trinajstić information content (AvgIpc) is 3.31. The van der Waals surface area contributed by atoms with Gasteiger partial charge in [-0.15, -0.1) is 5.10 Å². The Bertz CT molecular complexity index is 766. The Morgan fingerprint density at radius 2 is 1.85 bits per heavy atom. The topological polar surface area (TPSA) is 57.0 Å². The first-order valence-corrected chi connectivity index (χ1v) is 10.1. The summed E-state index contributed by atoms with van der Waals surface area (Å²) < 4.78 is 7.16. The summed E-state index contributed by atoms with van der Waals surface area (Å²) in [4.78, 5) is 17.6. The second kappa shape index (κ2) is 8.24. The van der Waals surface area contributed by atoms with Crippen LogP contribution in [0.4, 0.5) is 0 Å². The molecule has 0 N–H and O–H groups in total. The first kappa shape index (κ1) is 19.6. The molecule has 1 fully saturated rings. The molecule has 5 heteroatoms. The number of benzene rings is 1. The minimum Gasteiger partial charge on any atom is -0.462 e. The molecule has 27 heavy (non-hydrogen) atoms. The number of aromatic nitrogens is 3. The summed E-state index contributed by atoms with van der Waals surface area (Å²) in [5, 5.41) is 4.41. The van der Waals surface area contributed by atoms with E-state index in [1.54, 1.807) is 0 Å². The first-order chi connectivity index (χ1) is 12.9. The van der Waals surface area contributed by atoms with Crippen molar-refractivity contribution in [3.05, 3.63) is 29.8 Å². The highest BCUT2D eigenvalue weighted by molar-refractivity contribution is 5.84. The Morgan fingerprint density at radius 3 is 2.44 bits per heavy atom.